The number of nitrogens with zero attached hydrogens (tertiary/aromatic N) is 2. The lowest BCUT2D eigenvalue weighted by molar-refractivity contribution is -0.137. The fourth-order valence-corrected chi connectivity index (χ4v) is 3.33. The van der Waals surface area contributed by atoms with Crippen LogP contribution in [0.5, 0.6) is 0 Å². The molecule has 2 aromatic rings. The number of hydrogen-bond acceptors (Lipinski definition) is 5. The minimum atomic E-state index is -1.03. The smallest absolute Gasteiger partial charge is 0.323 e. The van der Waals surface area contributed by atoms with Crippen molar-refractivity contribution in [2.75, 3.05) is 13.6 Å². The predicted molar refractivity (Wildman–Crippen MR) is 87.5 cm³/mol. The first-order valence-electron chi connectivity index (χ1n) is 6.57. The van der Waals surface area contributed by atoms with Crippen molar-refractivity contribution < 1.29 is 14.7 Å². The fraction of sp³-hybridized carbons (Fsp3) is 0.267. The Morgan fingerprint density at radius 3 is 2.55 bits per heavy atom. The Hall–Kier alpha value is -1.86. The second-order valence-electron chi connectivity index (χ2n) is 4.73. The number of carboxylic acid groups (broad SMARTS) is 1. The number of likely N-dealkylation sites (N-methyl/N-ethyl adjacent to an activating group) is 1. The normalized spacial score (nSPS) is 10.5. The third-order valence-electron chi connectivity index (χ3n) is 2.87. The number of amides is 1. The molecule has 1 aromatic heterocycles. The maximum Gasteiger partial charge on any atom is 0.323 e. The van der Waals surface area contributed by atoms with Crippen LogP contribution >= 0.6 is 23.1 Å². The number of thiazole rings is 1. The zero-order chi connectivity index (χ0) is 16.1. The number of carboxylic acids is 1. The number of carbonyl (C=O) groups excluding carboxylic acids is 1. The molecule has 116 valence electrons. The number of carbonyl (C=O) groups is 2. The van der Waals surface area contributed by atoms with Gasteiger partial charge in [0.25, 0.3) is 5.91 Å². The molecule has 0 aliphatic rings. The van der Waals surface area contributed by atoms with Crippen LogP contribution in [0, 0.1) is 6.92 Å². The molecule has 0 aliphatic heterocycles. The van der Waals surface area contributed by atoms with Gasteiger partial charge in [-0.2, -0.15) is 0 Å². The van der Waals surface area contributed by atoms with E-state index in [0.29, 0.717) is 5.56 Å². The first-order chi connectivity index (χ1) is 10.5. The second kappa shape index (κ2) is 7.42. The average Bonchev–Trinajstić information content (AvgIpc) is 2.90. The van der Waals surface area contributed by atoms with Crippen molar-refractivity contribution in [3.05, 3.63) is 45.9 Å². The minimum Gasteiger partial charge on any atom is -0.480 e. The van der Waals surface area contributed by atoms with Crippen molar-refractivity contribution in [1.82, 2.24) is 9.88 Å². The summed E-state index contributed by atoms with van der Waals surface area (Å²) in [5.74, 6) is -0.535. The van der Waals surface area contributed by atoms with Gasteiger partial charge in [0.15, 0.2) is 0 Å². The summed E-state index contributed by atoms with van der Waals surface area (Å²) in [5, 5.41) is 11.8. The third-order valence-corrected chi connectivity index (χ3v) is 4.74. The predicted octanol–water partition coefficient (Wildman–Crippen LogP) is 2.90. The molecule has 2 rings (SSSR count). The van der Waals surface area contributed by atoms with Gasteiger partial charge in [0.05, 0.1) is 10.7 Å². The summed E-state index contributed by atoms with van der Waals surface area (Å²) in [6, 6.07) is 7.17. The van der Waals surface area contributed by atoms with Gasteiger partial charge in [-0.1, -0.05) is 0 Å². The Kier molecular flexibility index (Phi) is 5.57. The van der Waals surface area contributed by atoms with Gasteiger partial charge in [-0.3, -0.25) is 9.59 Å². The molecule has 0 saturated carbocycles. The van der Waals surface area contributed by atoms with Gasteiger partial charge in [0.1, 0.15) is 6.54 Å². The molecule has 0 unspecified atom stereocenters. The first kappa shape index (κ1) is 16.5. The van der Waals surface area contributed by atoms with Crippen LogP contribution in [0.15, 0.2) is 34.5 Å². The zero-order valence-corrected chi connectivity index (χ0v) is 13.9. The van der Waals surface area contributed by atoms with E-state index in [1.165, 1.54) is 11.9 Å². The Balaban J connectivity index is 1.94. The van der Waals surface area contributed by atoms with E-state index < -0.39 is 5.97 Å². The molecule has 0 radical (unpaired) electrons. The summed E-state index contributed by atoms with van der Waals surface area (Å²) < 4.78 is 0. The van der Waals surface area contributed by atoms with Crippen LogP contribution in [0.3, 0.4) is 0 Å². The van der Waals surface area contributed by atoms with Gasteiger partial charge in [-0.05, 0) is 31.2 Å². The molecule has 0 saturated heterocycles. The molecule has 1 heterocycles. The van der Waals surface area contributed by atoms with Gasteiger partial charge < -0.3 is 10.0 Å². The third kappa shape index (κ3) is 4.57. The van der Waals surface area contributed by atoms with Crippen LogP contribution in [-0.4, -0.2) is 40.5 Å². The van der Waals surface area contributed by atoms with Crippen molar-refractivity contribution in [2.24, 2.45) is 0 Å². The van der Waals surface area contributed by atoms with Crippen molar-refractivity contribution in [3.8, 4) is 0 Å². The highest BCUT2D eigenvalue weighted by Crippen LogP contribution is 2.24. The second-order valence-corrected chi connectivity index (χ2v) is 6.84. The molecule has 0 atom stereocenters. The molecule has 1 N–H and O–H groups in total. The Morgan fingerprint density at radius 2 is 2.00 bits per heavy atom. The Morgan fingerprint density at radius 1 is 1.32 bits per heavy atom. The quantitative estimate of drug-likeness (QED) is 0.821. The molecule has 0 fully saturated rings. The minimum absolute atomic E-state index is 0.297. The van der Waals surface area contributed by atoms with Crippen LogP contribution in [-0.2, 0) is 10.5 Å². The maximum atomic E-state index is 12.0. The van der Waals surface area contributed by atoms with Crippen LogP contribution < -0.4 is 0 Å². The molecule has 1 aromatic carbocycles. The van der Waals surface area contributed by atoms with Gasteiger partial charge in [-0.25, -0.2) is 4.98 Å². The van der Waals surface area contributed by atoms with E-state index in [1.54, 1.807) is 35.2 Å². The molecule has 1 amide bonds. The van der Waals surface area contributed by atoms with Gasteiger partial charge in [-0.15, -0.1) is 23.1 Å². The van der Waals surface area contributed by atoms with Crippen molar-refractivity contribution >= 4 is 35.0 Å². The monoisotopic (exact) mass is 336 g/mol. The van der Waals surface area contributed by atoms with E-state index in [9.17, 15) is 9.59 Å². The lowest BCUT2D eigenvalue weighted by atomic mass is 10.2. The molecule has 0 bridgehead atoms. The lowest BCUT2D eigenvalue weighted by Crippen LogP contribution is -2.31. The van der Waals surface area contributed by atoms with E-state index in [4.69, 9.17) is 5.11 Å². The number of thioether (sulfide) groups is 1. The number of benzene rings is 1. The van der Waals surface area contributed by atoms with E-state index >= 15 is 0 Å². The van der Waals surface area contributed by atoms with Crippen molar-refractivity contribution in [2.45, 2.75) is 17.6 Å². The standard InChI is InChI=1S/C15H16N2O3S2/c1-10-16-12(8-21-10)9-22-13-5-3-11(4-6-13)15(20)17(2)7-14(18)19/h3-6,8H,7,9H2,1-2H3,(H,18,19). The lowest BCUT2D eigenvalue weighted by Gasteiger charge is -2.14. The molecule has 22 heavy (non-hydrogen) atoms. The zero-order valence-electron chi connectivity index (χ0n) is 12.3. The Labute approximate surface area is 137 Å². The topological polar surface area (TPSA) is 70.5 Å². The molecule has 5 nitrogen and oxygen atoms in total. The molecule has 7 heteroatoms. The van der Waals surface area contributed by atoms with Crippen LogP contribution in [0.4, 0.5) is 0 Å². The number of hydrogen-bond donors (Lipinski definition) is 1. The van der Waals surface area contributed by atoms with Gasteiger partial charge in [0.2, 0.25) is 0 Å². The summed E-state index contributed by atoms with van der Waals surface area (Å²) >= 11 is 3.28. The summed E-state index contributed by atoms with van der Waals surface area (Å²) in [6.45, 7) is 1.67. The molecular formula is C15H16N2O3S2. The van der Waals surface area contributed by atoms with Crippen molar-refractivity contribution in [1.29, 1.82) is 0 Å². The highest BCUT2D eigenvalue weighted by Gasteiger charge is 2.14. The van der Waals surface area contributed by atoms with Gasteiger partial charge >= 0.3 is 5.97 Å². The van der Waals surface area contributed by atoms with E-state index in [-0.39, 0.29) is 12.5 Å². The van der Waals surface area contributed by atoms with Crippen molar-refractivity contribution in [3.63, 3.8) is 0 Å². The van der Waals surface area contributed by atoms with Crippen LogP contribution in [0.2, 0.25) is 0 Å². The number of rotatable bonds is 6. The first-order valence-corrected chi connectivity index (χ1v) is 8.43. The van der Waals surface area contributed by atoms with E-state index in [1.807, 2.05) is 24.4 Å². The maximum absolute atomic E-state index is 12.0. The Bertz CT molecular complexity index is 668. The molecule has 0 spiro atoms. The largest absolute Gasteiger partial charge is 0.480 e. The summed E-state index contributed by atoms with van der Waals surface area (Å²) in [4.78, 5) is 29.3. The number of aliphatic carboxylic acids is 1. The highest BCUT2D eigenvalue weighted by atomic mass is 32.2. The van der Waals surface area contributed by atoms with E-state index in [2.05, 4.69) is 4.98 Å². The number of aryl methyl sites for hydroxylation is 1. The summed E-state index contributed by atoms with van der Waals surface area (Å²) in [7, 11) is 1.48. The molecular weight excluding hydrogens is 320 g/mol. The summed E-state index contributed by atoms with van der Waals surface area (Å²) in [6.07, 6.45) is 0. The van der Waals surface area contributed by atoms with E-state index in [0.717, 1.165) is 21.3 Å². The SMILES string of the molecule is Cc1nc(CSc2ccc(C(=O)N(C)CC(=O)O)cc2)cs1. The summed E-state index contributed by atoms with van der Waals surface area (Å²) in [5.41, 5.74) is 1.53. The fourth-order valence-electron chi connectivity index (χ4n) is 1.82. The highest BCUT2D eigenvalue weighted by molar-refractivity contribution is 7.98. The molecule has 0 aliphatic carbocycles. The van der Waals surface area contributed by atoms with Gasteiger partial charge in [0, 0.05) is 28.6 Å². The number of aromatic nitrogens is 1. The van der Waals surface area contributed by atoms with Crippen LogP contribution in [0.1, 0.15) is 21.1 Å². The van der Waals surface area contributed by atoms with Crippen LogP contribution in [0.25, 0.3) is 0 Å². The average molecular weight is 336 g/mol.